The molecular formula is C12H22N2O2. The minimum absolute atomic E-state index is 0.0714. The standard InChI is InChI=1S/C12H22N2O2/c1-3-6-14-7-4-5-11(14)8-13-12(2,9-15)10-16/h4-5,7,13,15-16H,3,6,8-10H2,1-2H3. The van der Waals surface area contributed by atoms with Crippen LogP contribution in [0.5, 0.6) is 0 Å². The number of aliphatic hydroxyl groups excluding tert-OH is 2. The lowest BCUT2D eigenvalue weighted by Gasteiger charge is -2.26. The van der Waals surface area contributed by atoms with Crippen molar-refractivity contribution in [3.63, 3.8) is 0 Å². The highest BCUT2D eigenvalue weighted by Crippen LogP contribution is 2.07. The Kier molecular flexibility index (Phi) is 4.99. The molecule has 4 nitrogen and oxygen atoms in total. The van der Waals surface area contributed by atoms with Crippen molar-refractivity contribution in [2.24, 2.45) is 0 Å². The molecule has 0 saturated heterocycles. The molecule has 1 rings (SSSR count). The van der Waals surface area contributed by atoms with Crippen molar-refractivity contribution in [1.29, 1.82) is 0 Å². The van der Waals surface area contributed by atoms with Crippen molar-refractivity contribution in [3.05, 3.63) is 24.0 Å². The predicted molar refractivity (Wildman–Crippen MR) is 64.1 cm³/mol. The summed E-state index contributed by atoms with van der Waals surface area (Å²) in [6.45, 7) is 5.46. The van der Waals surface area contributed by atoms with Crippen molar-refractivity contribution in [3.8, 4) is 0 Å². The first-order valence-corrected chi connectivity index (χ1v) is 5.76. The number of aromatic nitrogens is 1. The van der Waals surface area contributed by atoms with Crippen LogP contribution in [0.3, 0.4) is 0 Å². The minimum Gasteiger partial charge on any atom is -0.394 e. The molecular weight excluding hydrogens is 204 g/mol. The van der Waals surface area contributed by atoms with Crippen LogP contribution in [-0.2, 0) is 13.1 Å². The van der Waals surface area contributed by atoms with Crippen molar-refractivity contribution < 1.29 is 10.2 Å². The van der Waals surface area contributed by atoms with E-state index in [0.29, 0.717) is 6.54 Å². The van der Waals surface area contributed by atoms with Gasteiger partial charge in [0.15, 0.2) is 0 Å². The van der Waals surface area contributed by atoms with Crippen LogP contribution in [0.2, 0.25) is 0 Å². The van der Waals surface area contributed by atoms with Gasteiger partial charge in [0.05, 0.1) is 18.8 Å². The largest absolute Gasteiger partial charge is 0.394 e. The first kappa shape index (κ1) is 13.2. The van der Waals surface area contributed by atoms with E-state index in [0.717, 1.165) is 13.0 Å². The molecule has 0 spiro atoms. The Hall–Kier alpha value is -0.840. The predicted octanol–water partition coefficient (Wildman–Crippen LogP) is 0.731. The van der Waals surface area contributed by atoms with Gasteiger partial charge < -0.3 is 20.1 Å². The van der Waals surface area contributed by atoms with Gasteiger partial charge in [-0.2, -0.15) is 0 Å². The van der Waals surface area contributed by atoms with E-state index in [1.807, 2.05) is 6.07 Å². The third-order valence-corrected chi connectivity index (χ3v) is 2.78. The van der Waals surface area contributed by atoms with Crippen molar-refractivity contribution in [2.75, 3.05) is 13.2 Å². The number of hydrogen-bond acceptors (Lipinski definition) is 3. The van der Waals surface area contributed by atoms with E-state index in [1.165, 1.54) is 5.69 Å². The molecule has 1 aromatic heterocycles. The van der Waals surface area contributed by atoms with Gasteiger partial charge in [0.25, 0.3) is 0 Å². The molecule has 1 aromatic rings. The van der Waals surface area contributed by atoms with E-state index < -0.39 is 5.54 Å². The summed E-state index contributed by atoms with van der Waals surface area (Å²) in [6, 6.07) is 4.07. The summed E-state index contributed by atoms with van der Waals surface area (Å²) in [5.41, 5.74) is 0.566. The van der Waals surface area contributed by atoms with Gasteiger partial charge in [0.2, 0.25) is 0 Å². The first-order chi connectivity index (χ1) is 7.65. The Labute approximate surface area is 96.9 Å². The lowest BCUT2D eigenvalue weighted by molar-refractivity contribution is 0.102. The Morgan fingerprint density at radius 1 is 1.38 bits per heavy atom. The highest BCUT2D eigenvalue weighted by Gasteiger charge is 2.21. The SMILES string of the molecule is CCCn1cccc1CNC(C)(CO)CO. The lowest BCUT2D eigenvalue weighted by Crippen LogP contribution is -2.48. The van der Waals surface area contributed by atoms with Gasteiger partial charge >= 0.3 is 0 Å². The van der Waals surface area contributed by atoms with Crippen LogP contribution in [0, 0.1) is 0 Å². The average Bonchev–Trinajstić information content (AvgIpc) is 2.74. The van der Waals surface area contributed by atoms with Crippen LogP contribution in [0.1, 0.15) is 26.0 Å². The molecule has 0 aliphatic carbocycles. The van der Waals surface area contributed by atoms with E-state index >= 15 is 0 Å². The van der Waals surface area contributed by atoms with Gasteiger partial charge in [0.1, 0.15) is 0 Å². The number of hydrogen-bond donors (Lipinski definition) is 3. The summed E-state index contributed by atoms with van der Waals surface area (Å²) in [7, 11) is 0. The summed E-state index contributed by atoms with van der Waals surface area (Å²) >= 11 is 0. The minimum atomic E-state index is -0.610. The maximum Gasteiger partial charge on any atom is 0.0633 e. The molecule has 92 valence electrons. The van der Waals surface area contributed by atoms with Crippen molar-refractivity contribution >= 4 is 0 Å². The maximum atomic E-state index is 9.16. The van der Waals surface area contributed by atoms with E-state index in [9.17, 15) is 0 Å². The summed E-state index contributed by atoms with van der Waals surface area (Å²) in [4.78, 5) is 0. The van der Waals surface area contributed by atoms with E-state index in [2.05, 4.69) is 29.1 Å². The second-order valence-corrected chi connectivity index (χ2v) is 4.42. The average molecular weight is 226 g/mol. The van der Waals surface area contributed by atoms with Crippen LogP contribution in [0.15, 0.2) is 18.3 Å². The fourth-order valence-electron chi connectivity index (χ4n) is 1.53. The van der Waals surface area contributed by atoms with Crippen LogP contribution < -0.4 is 5.32 Å². The Morgan fingerprint density at radius 3 is 2.62 bits per heavy atom. The van der Waals surface area contributed by atoms with Gasteiger partial charge in [-0.05, 0) is 25.5 Å². The lowest BCUT2D eigenvalue weighted by atomic mass is 10.1. The smallest absolute Gasteiger partial charge is 0.0633 e. The topological polar surface area (TPSA) is 57.4 Å². The third-order valence-electron chi connectivity index (χ3n) is 2.78. The van der Waals surface area contributed by atoms with Crippen molar-refractivity contribution in [1.82, 2.24) is 9.88 Å². The van der Waals surface area contributed by atoms with Gasteiger partial charge in [0, 0.05) is 25.0 Å². The van der Waals surface area contributed by atoms with E-state index in [4.69, 9.17) is 10.2 Å². The normalized spacial score (nSPS) is 12.0. The van der Waals surface area contributed by atoms with Gasteiger partial charge in [-0.25, -0.2) is 0 Å². The zero-order valence-corrected chi connectivity index (χ0v) is 10.1. The molecule has 0 saturated carbocycles. The zero-order valence-electron chi connectivity index (χ0n) is 10.1. The van der Waals surface area contributed by atoms with Crippen LogP contribution in [0.25, 0.3) is 0 Å². The Morgan fingerprint density at radius 2 is 2.06 bits per heavy atom. The number of nitrogens with zero attached hydrogens (tertiary/aromatic N) is 1. The number of rotatable bonds is 7. The Balaban J connectivity index is 2.56. The molecule has 4 heteroatoms. The molecule has 0 aliphatic rings. The molecule has 3 N–H and O–H groups in total. The molecule has 0 fully saturated rings. The second kappa shape index (κ2) is 6.03. The number of nitrogens with one attached hydrogen (secondary N) is 1. The van der Waals surface area contributed by atoms with E-state index in [1.54, 1.807) is 6.92 Å². The third kappa shape index (κ3) is 3.33. The molecule has 0 unspecified atom stereocenters. The van der Waals surface area contributed by atoms with Gasteiger partial charge in [-0.15, -0.1) is 0 Å². The first-order valence-electron chi connectivity index (χ1n) is 5.76. The molecule has 0 radical (unpaired) electrons. The highest BCUT2D eigenvalue weighted by molar-refractivity contribution is 5.07. The molecule has 0 aliphatic heterocycles. The number of aliphatic hydroxyl groups is 2. The highest BCUT2D eigenvalue weighted by atomic mass is 16.3. The molecule has 0 amide bonds. The van der Waals surface area contributed by atoms with Crippen LogP contribution in [-0.4, -0.2) is 33.5 Å². The molecule has 0 aromatic carbocycles. The van der Waals surface area contributed by atoms with Crippen LogP contribution >= 0.6 is 0 Å². The summed E-state index contributed by atoms with van der Waals surface area (Å²) in [5, 5.41) is 21.5. The quantitative estimate of drug-likeness (QED) is 0.642. The Bertz CT molecular complexity index is 306. The zero-order chi connectivity index (χ0) is 12.0. The van der Waals surface area contributed by atoms with Gasteiger partial charge in [-0.3, -0.25) is 0 Å². The fraction of sp³-hybridized carbons (Fsp3) is 0.667. The molecule has 0 bridgehead atoms. The summed E-state index contributed by atoms with van der Waals surface area (Å²) in [5.74, 6) is 0. The molecule has 0 atom stereocenters. The number of aryl methyl sites for hydroxylation is 1. The molecule has 1 heterocycles. The monoisotopic (exact) mass is 226 g/mol. The summed E-state index contributed by atoms with van der Waals surface area (Å²) < 4.78 is 2.18. The van der Waals surface area contributed by atoms with E-state index in [-0.39, 0.29) is 13.2 Å². The fourth-order valence-corrected chi connectivity index (χ4v) is 1.53. The summed E-state index contributed by atoms with van der Waals surface area (Å²) in [6.07, 6.45) is 3.15. The van der Waals surface area contributed by atoms with Crippen LogP contribution in [0.4, 0.5) is 0 Å². The van der Waals surface area contributed by atoms with Crippen molar-refractivity contribution in [2.45, 2.75) is 38.9 Å². The second-order valence-electron chi connectivity index (χ2n) is 4.42. The maximum absolute atomic E-state index is 9.16. The van der Waals surface area contributed by atoms with Gasteiger partial charge in [-0.1, -0.05) is 6.92 Å². The molecule has 16 heavy (non-hydrogen) atoms.